The van der Waals surface area contributed by atoms with Crippen molar-refractivity contribution < 1.29 is 9.72 Å². The first-order chi connectivity index (χ1) is 9.54. The van der Waals surface area contributed by atoms with Gasteiger partial charge in [0, 0.05) is 30.2 Å². The van der Waals surface area contributed by atoms with Gasteiger partial charge in [-0.1, -0.05) is 11.6 Å². The first-order valence-electron chi connectivity index (χ1n) is 6.44. The molecular weight excluding hydrogens is 317 g/mol. The number of nitrogens with zero attached hydrogens (tertiary/aromatic N) is 2. The van der Waals surface area contributed by atoms with E-state index in [-0.39, 0.29) is 40.6 Å². The summed E-state index contributed by atoms with van der Waals surface area (Å²) in [5.41, 5.74) is -0.139. The third-order valence-corrected chi connectivity index (χ3v) is 3.70. The van der Waals surface area contributed by atoms with Gasteiger partial charge in [0.05, 0.1) is 4.92 Å². The second-order valence-corrected chi connectivity index (χ2v) is 5.21. The van der Waals surface area contributed by atoms with Gasteiger partial charge in [0.2, 0.25) is 0 Å². The van der Waals surface area contributed by atoms with E-state index in [0.717, 1.165) is 12.8 Å². The number of hydrogen-bond acceptors (Lipinski definition) is 4. The molecule has 8 heteroatoms. The fourth-order valence-corrected chi connectivity index (χ4v) is 2.71. The molecule has 6 nitrogen and oxygen atoms in total. The highest BCUT2D eigenvalue weighted by molar-refractivity contribution is 6.31. The number of nitro benzene ring substituents is 1. The number of amides is 1. The standard InChI is InChI=1S/C13H16ClN3O3.ClH/c1-15-8-10-3-2-6-16(10)13(18)11-5-4-9(14)7-12(11)17(19)20;/h4-5,7,10,15H,2-3,6,8H2,1H3;1H. The van der Waals surface area contributed by atoms with E-state index < -0.39 is 4.92 Å². The number of carbonyl (C=O) groups is 1. The maximum atomic E-state index is 12.5. The van der Waals surface area contributed by atoms with Crippen LogP contribution >= 0.6 is 24.0 Å². The Hall–Kier alpha value is -1.37. The number of carbonyl (C=O) groups excluding carboxylic acids is 1. The minimum absolute atomic E-state index is 0. The Morgan fingerprint density at radius 2 is 2.29 bits per heavy atom. The van der Waals surface area contributed by atoms with E-state index in [2.05, 4.69) is 5.32 Å². The number of nitrogens with one attached hydrogen (secondary N) is 1. The van der Waals surface area contributed by atoms with Crippen LogP contribution in [0.2, 0.25) is 5.02 Å². The predicted octanol–water partition coefficient (Wildman–Crippen LogP) is 2.49. The minimum atomic E-state index is -0.567. The van der Waals surface area contributed by atoms with E-state index in [1.54, 1.807) is 4.90 Å². The topological polar surface area (TPSA) is 75.5 Å². The zero-order valence-electron chi connectivity index (χ0n) is 11.5. The molecule has 0 aromatic heterocycles. The number of halogens is 2. The van der Waals surface area contributed by atoms with Gasteiger partial charge in [-0.2, -0.15) is 0 Å². The van der Waals surface area contributed by atoms with Crippen molar-refractivity contribution in [3.05, 3.63) is 38.9 Å². The quantitative estimate of drug-likeness (QED) is 0.678. The lowest BCUT2D eigenvalue weighted by atomic mass is 10.1. The molecular formula is C13H17Cl2N3O3. The van der Waals surface area contributed by atoms with Crippen LogP contribution in [0.25, 0.3) is 0 Å². The average molecular weight is 334 g/mol. The maximum Gasteiger partial charge on any atom is 0.283 e. The lowest BCUT2D eigenvalue weighted by Crippen LogP contribution is -2.41. The van der Waals surface area contributed by atoms with Crippen molar-refractivity contribution >= 4 is 35.6 Å². The van der Waals surface area contributed by atoms with Crippen molar-refractivity contribution in [2.24, 2.45) is 0 Å². The molecule has 1 atom stereocenters. The van der Waals surface area contributed by atoms with Crippen LogP contribution in [0, 0.1) is 10.1 Å². The molecule has 21 heavy (non-hydrogen) atoms. The third kappa shape index (κ3) is 3.84. The molecule has 1 aliphatic rings. The fourth-order valence-electron chi connectivity index (χ4n) is 2.54. The van der Waals surface area contributed by atoms with Gasteiger partial charge in [0.1, 0.15) is 5.56 Å². The van der Waals surface area contributed by atoms with Crippen LogP contribution in [0.4, 0.5) is 5.69 Å². The first-order valence-corrected chi connectivity index (χ1v) is 6.82. The first kappa shape index (κ1) is 17.7. The second kappa shape index (κ2) is 7.59. The molecule has 0 spiro atoms. The molecule has 116 valence electrons. The highest BCUT2D eigenvalue weighted by atomic mass is 35.5. The van der Waals surface area contributed by atoms with Crippen molar-refractivity contribution in [1.82, 2.24) is 10.2 Å². The molecule has 1 N–H and O–H groups in total. The molecule has 1 aromatic carbocycles. The van der Waals surface area contributed by atoms with E-state index in [9.17, 15) is 14.9 Å². The van der Waals surface area contributed by atoms with Gasteiger partial charge in [-0.15, -0.1) is 12.4 Å². The summed E-state index contributed by atoms with van der Waals surface area (Å²) in [5, 5.41) is 14.4. The van der Waals surface area contributed by atoms with Crippen molar-refractivity contribution in [3.8, 4) is 0 Å². The average Bonchev–Trinajstić information content (AvgIpc) is 2.86. The molecule has 1 heterocycles. The largest absolute Gasteiger partial charge is 0.334 e. The highest BCUT2D eigenvalue weighted by Crippen LogP contribution is 2.27. The van der Waals surface area contributed by atoms with Crippen LogP contribution in [-0.4, -0.2) is 41.9 Å². The monoisotopic (exact) mass is 333 g/mol. The fraction of sp³-hybridized carbons (Fsp3) is 0.462. The molecule has 1 aromatic rings. The SMILES string of the molecule is CNCC1CCCN1C(=O)c1ccc(Cl)cc1[N+](=O)[O-].Cl. The summed E-state index contributed by atoms with van der Waals surface area (Å²) in [6, 6.07) is 4.24. The number of likely N-dealkylation sites (N-methyl/N-ethyl adjacent to an activating group) is 1. The Balaban J connectivity index is 0.00000220. The molecule has 0 radical (unpaired) electrons. The molecule has 1 amide bonds. The Kier molecular flexibility index (Phi) is 6.39. The van der Waals surface area contributed by atoms with Crippen LogP contribution in [0.3, 0.4) is 0 Å². The minimum Gasteiger partial charge on any atom is -0.334 e. The number of rotatable bonds is 4. The molecule has 2 rings (SSSR count). The number of hydrogen-bond donors (Lipinski definition) is 1. The van der Waals surface area contributed by atoms with Gasteiger partial charge in [-0.3, -0.25) is 14.9 Å². The van der Waals surface area contributed by atoms with Crippen LogP contribution in [0.1, 0.15) is 23.2 Å². The lowest BCUT2D eigenvalue weighted by molar-refractivity contribution is -0.385. The van der Waals surface area contributed by atoms with Gasteiger partial charge in [-0.25, -0.2) is 0 Å². The molecule has 0 saturated carbocycles. The number of nitro groups is 1. The van der Waals surface area contributed by atoms with Crippen LogP contribution < -0.4 is 5.32 Å². The Bertz CT molecular complexity index is 539. The summed E-state index contributed by atoms with van der Waals surface area (Å²) in [4.78, 5) is 24.7. The summed E-state index contributed by atoms with van der Waals surface area (Å²) < 4.78 is 0. The summed E-state index contributed by atoms with van der Waals surface area (Å²) in [6.07, 6.45) is 1.83. The summed E-state index contributed by atoms with van der Waals surface area (Å²) in [7, 11) is 1.83. The smallest absolute Gasteiger partial charge is 0.283 e. The van der Waals surface area contributed by atoms with E-state index in [0.29, 0.717) is 13.1 Å². The molecule has 1 aliphatic heterocycles. The van der Waals surface area contributed by atoms with Crippen molar-refractivity contribution in [2.75, 3.05) is 20.1 Å². The predicted molar refractivity (Wildman–Crippen MR) is 83.3 cm³/mol. The summed E-state index contributed by atoms with van der Waals surface area (Å²) >= 11 is 5.76. The van der Waals surface area contributed by atoms with Gasteiger partial charge < -0.3 is 10.2 Å². The lowest BCUT2D eigenvalue weighted by Gasteiger charge is -2.24. The van der Waals surface area contributed by atoms with Crippen molar-refractivity contribution in [2.45, 2.75) is 18.9 Å². The third-order valence-electron chi connectivity index (χ3n) is 3.46. The van der Waals surface area contributed by atoms with Gasteiger partial charge in [-0.05, 0) is 32.0 Å². The van der Waals surface area contributed by atoms with E-state index >= 15 is 0 Å². The van der Waals surface area contributed by atoms with Crippen molar-refractivity contribution in [1.29, 1.82) is 0 Å². The Labute approximate surface area is 134 Å². The summed E-state index contributed by atoms with van der Waals surface area (Å²) in [5.74, 6) is -0.300. The molecule has 1 unspecified atom stereocenters. The zero-order chi connectivity index (χ0) is 14.7. The highest BCUT2D eigenvalue weighted by Gasteiger charge is 2.32. The Morgan fingerprint density at radius 3 is 2.90 bits per heavy atom. The molecule has 1 fully saturated rings. The second-order valence-electron chi connectivity index (χ2n) is 4.77. The van der Waals surface area contributed by atoms with Gasteiger partial charge >= 0.3 is 0 Å². The normalized spacial score (nSPS) is 17.4. The van der Waals surface area contributed by atoms with E-state index in [4.69, 9.17) is 11.6 Å². The van der Waals surface area contributed by atoms with E-state index in [1.165, 1.54) is 18.2 Å². The van der Waals surface area contributed by atoms with Crippen LogP contribution in [0.15, 0.2) is 18.2 Å². The Morgan fingerprint density at radius 1 is 1.57 bits per heavy atom. The molecule has 0 aliphatic carbocycles. The zero-order valence-corrected chi connectivity index (χ0v) is 13.1. The van der Waals surface area contributed by atoms with E-state index in [1.807, 2.05) is 7.05 Å². The van der Waals surface area contributed by atoms with Crippen LogP contribution in [0.5, 0.6) is 0 Å². The van der Waals surface area contributed by atoms with Crippen LogP contribution in [-0.2, 0) is 0 Å². The van der Waals surface area contributed by atoms with Crippen molar-refractivity contribution in [3.63, 3.8) is 0 Å². The maximum absolute atomic E-state index is 12.5. The van der Waals surface area contributed by atoms with Gasteiger partial charge in [0.25, 0.3) is 11.6 Å². The summed E-state index contributed by atoms with van der Waals surface area (Å²) in [6.45, 7) is 1.32. The molecule has 1 saturated heterocycles. The number of benzene rings is 1. The van der Waals surface area contributed by atoms with Gasteiger partial charge in [0.15, 0.2) is 0 Å². The number of likely N-dealkylation sites (tertiary alicyclic amines) is 1. The molecule has 0 bridgehead atoms.